The van der Waals surface area contributed by atoms with Gasteiger partial charge in [0.25, 0.3) is 0 Å². The van der Waals surface area contributed by atoms with Crippen LogP contribution in [0.2, 0.25) is 0 Å². The second kappa shape index (κ2) is 7.24. The molecule has 2 saturated heterocycles. The predicted molar refractivity (Wildman–Crippen MR) is 114 cm³/mol. The van der Waals surface area contributed by atoms with Gasteiger partial charge in [0.05, 0.1) is 0 Å². The normalized spacial score (nSPS) is 21.8. The minimum atomic E-state index is -0.478. The second-order valence-corrected chi connectivity index (χ2v) is 7.78. The first-order valence-corrected chi connectivity index (χ1v) is 10.1. The van der Waals surface area contributed by atoms with E-state index in [0.29, 0.717) is 19.5 Å². The largest absolute Gasteiger partial charge is 0.367 e. The minimum Gasteiger partial charge on any atom is -0.367 e. The smallest absolute Gasteiger partial charge is 0.246 e. The number of carbonyl (C=O) groups excluding carboxylic acids is 2. The molecule has 5 heteroatoms. The van der Waals surface area contributed by atoms with Crippen molar-refractivity contribution in [2.45, 2.75) is 18.5 Å². The van der Waals surface area contributed by atoms with Gasteiger partial charge in [-0.15, -0.1) is 0 Å². The van der Waals surface area contributed by atoms with Crippen LogP contribution in [0.4, 0.5) is 5.69 Å². The van der Waals surface area contributed by atoms with Crippen molar-refractivity contribution in [2.24, 2.45) is 0 Å². The van der Waals surface area contributed by atoms with E-state index in [2.05, 4.69) is 40.5 Å². The number of piperazine rings is 2. The van der Waals surface area contributed by atoms with E-state index in [1.54, 1.807) is 4.90 Å². The van der Waals surface area contributed by atoms with Crippen LogP contribution in [0.1, 0.15) is 5.56 Å². The molecule has 0 aromatic heterocycles. The third-order valence-electron chi connectivity index (χ3n) is 5.96. The quantitative estimate of drug-likeness (QED) is 0.754. The molecule has 5 nitrogen and oxygen atoms in total. The van der Waals surface area contributed by atoms with E-state index in [-0.39, 0.29) is 11.8 Å². The van der Waals surface area contributed by atoms with Crippen LogP contribution >= 0.6 is 0 Å². The molecule has 3 aromatic carbocycles. The average Bonchev–Trinajstić information content (AvgIpc) is 2.77. The Morgan fingerprint density at radius 1 is 0.862 bits per heavy atom. The zero-order valence-corrected chi connectivity index (χ0v) is 16.1. The number of rotatable bonds is 3. The number of hydrogen-bond donors (Lipinski definition) is 1. The molecule has 146 valence electrons. The summed E-state index contributed by atoms with van der Waals surface area (Å²) in [7, 11) is 0. The monoisotopic (exact) mass is 385 g/mol. The number of benzene rings is 3. The summed E-state index contributed by atoms with van der Waals surface area (Å²) in [5, 5.41) is 5.34. The van der Waals surface area contributed by atoms with Crippen LogP contribution in [0.3, 0.4) is 0 Å². The molecule has 0 saturated carbocycles. The van der Waals surface area contributed by atoms with Crippen LogP contribution in [0.15, 0.2) is 72.8 Å². The van der Waals surface area contributed by atoms with Crippen molar-refractivity contribution in [1.29, 1.82) is 0 Å². The molecule has 0 radical (unpaired) electrons. The van der Waals surface area contributed by atoms with Crippen molar-refractivity contribution in [2.75, 3.05) is 24.5 Å². The second-order valence-electron chi connectivity index (χ2n) is 7.78. The molecule has 2 amide bonds. The van der Waals surface area contributed by atoms with Gasteiger partial charge in [-0.1, -0.05) is 60.7 Å². The lowest BCUT2D eigenvalue weighted by molar-refractivity contribution is -0.149. The number of carbonyl (C=O) groups is 2. The van der Waals surface area contributed by atoms with Gasteiger partial charge in [-0.25, -0.2) is 0 Å². The summed E-state index contributed by atoms with van der Waals surface area (Å²) in [6.45, 7) is 1.81. The zero-order chi connectivity index (χ0) is 19.8. The van der Waals surface area contributed by atoms with Crippen molar-refractivity contribution < 1.29 is 9.59 Å². The highest BCUT2D eigenvalue weighted by molar-refractivity contribution is 5.98. The summed E-state index contributed by atoms with van der Waals surface area (Å²) < 4.78 is 0. The third-order valence-corrected chi connectivity index (χ3v) is 5.96. The first kappa shape index (κ1) is 17.7. The molecular formula is C24H23N3O2. The average molecular weight is 385 g/mol. The van der Waals surface area contributed by atoms with Gasteiger partial charge in [-0.2, -0.15) is 0 Å². The molecule has 2 atom stereocenters. The Hall–Kier alpha value is -3.34. The molecule has 0 aliphatic carbocycles. The highest BCUT2D eigenvalue weighted by Gasteiger charge is 2.43. The maximum absolute atomic E-state index is 13.0. The van der Waals surface area contributed by atoms with Crippen molar-refractivity contribution in [1.82, 2.24) is 10.2 Å². The van der Waals surface area contributed by atoms with Crippen molar-refractivity contribution in [3.63, 3.8) is 0 Å². The van der Waals surface area contributed by atoms with Gasteiger partial charge in [0.1, 0.15) is 12.1 Å². The van der Waals surface area contributed by atoms with Crippen LogP contribution in [0.5, 0.6) is 0 Å². The maximum atomic E-state index is 13.0. The number of amides is 2. The van der Waals surface area contributed by atoms with Crippen LogP contribution in [0.25, 0.3) is 10.8 Å². The summed E-state index contributed by atoms with van der Waals surface area (Å²) in [5.41, 5.74) is 2.15. The minimum absolute atomic E-state index is 0.0246. The van der Waals surface area contributed by atoms with Gasteiger partial charge in [-0.3, -0.25) is 9.59 Å². The van der Waals surface area contributed by atoms with Gasteiger partial charge < -0.3 is 15.1 Å². The fourth-order valence-corrected chi connectivity index (χ4v) is 4.40. The molecule has 5 rings (SSSR count). The van der Waals surface area contributed by atoms with Crippen LogP contribution in [-0.2, 0) is 16.0 Å². The number of fused-ring (bicyclic) bond motifs is 2. The number of nitrogens with zero attached hydrogens (tertiary/aromatic N) is 2. The lowest BCUT2D eigenvalue weighted by Crippen LogP contribution is -2.69. The molecule has 3 aromatic rings. The highest BCUT2D eigenvalue weighted by Crippen LogP contribution is 2.26. The Morgan fingerprint density at radius 2 is 1.62 bits per heavy atom. The van der Waals surface area contributed by atoms with Crippen molar-refractivity contribution in [3.05, 3.63) is 78.4 Å². The Labute approximate surface area is 169 Å². The number of nitrogens with one attached hydrogen (secondary N) is 1. The molecule has 0 bridgehead atoms. The van der Waals surface area contributed by atoms with Crippen LogP contribution in [0, 0.1) is 0 Å². The van der Waals surface area contributed by atoms with E-state index in [0.717, 1.165) is 17.8 Å². The molecule has 2 aliphatic rings. The zero-order valence-electron chi connectivity index (χ0n) is 16.1. The Bertz CT molecular complexity index is 1070. The van der Waals surface area contributed by atoms with Gasteiger partial charge in [0.2, 0.25) is 11.8 Å². The van der Waals surface area contributed by atoms with E-state index >= 15 is 0 Å². The number of hydrogen-bond acceptors (Lipinski definition) is 3. The first-order chi connectivity index (χ1) is 14.2. The summed E-state index contributed by atoms with van der Waals surface area (Å²) in [5.74, 6) is -0.0346. The van der Waals surface area contributed by atoms with Crippen molar-refractivity contribution >= 4 is 28.3 Å². The molecule has 2 fully saturated rings. The molecule has 0 spiro atoms. The van der Waals surface area contributed by atoms with Gasteiger partial charge in [0.15, 0.2) is 0 Å². The number of anilines is 1. The molecule has 2 aliphatic heterocycles. The Kier molecular flexibility index (Phi) is 4.43. The maximum Gasteiger partial charge on any atom is 0.246 e. The lowest BCUT2D eigenvalue weighted by Gasteiger charge is -2.46. The summed E-state index contributed by atoms with van der Waals surface area (Å²) in [6.07, 6.45) is 0.531. The predicted octanol–water partition coefficient (Wildman–Crippen LogP) is 2.60. The summed E-state index contributed by atoms with van der Waals surface area (Å²) in [4.78, 5) is 29.8. The van der Waals surface area contributed by atoms with Crippen molar-refractivity contribution in [3.8, 4) is 0 Å². The fraction of sp³-hybridized carbons (Fsp3) is 0.250. The van der Waals surface area contributed by atoms with Gasteiger partial charge >= 0.3 is 0 Å². The SMILES string of the molecule is O=C1NC(Cc2ccccc2)C(=O)N2CCN(c3ccc4ccccc4c3)CC12. The molecule has 2 heterocycles. The third kappa shape index (κ3) is 3.33. The summed E-state index contributed by atoms with van der Waals surface area (Å²) >= 11 is 0. The highest BCUT2D eigenvalue weighted by atomic mass is 16.2. The van der Waals surface area contributed by atoms with Crippen LogP contribution in [-0.4, -0.2) is 48.4 Å². The first-order valence-electron chi connectivity index (χ1n) is 10.1. The summed E-state index contributed by atoms with van der Waals surface area (Å²) in [6, 6.07) is 23.5. The van der Waals surface area contributed by atoms with E-state index in [9.17, 15) is 9.59 Å². The topological polar surface area (TPSA) is 52.7 Å². The molecular weight excluding hydrogens is 362 g/mol. The standard InChI is InChI=1S/C24H23N3O2/c28-23-22-16-26(20-11-10-18-8-4-5-9-19(18)15-20)12-13-27(22)24(29)21(25-23)14-17-6-2-1-3-7-17/h1-11,15,21-22H,12-14,16H2,(H,25,28). The van der Waals surface area contributed by atoms with E-state index in [1.165, 1.54) is 10.8 Å². The van der Waals surface area contributed by atoms with Crippen LogP contribution < -0.4 is 10.2 Å². The Balaban J connectivity index is 1.33. The lowest BCUT2D eigenvalue weighted by atomic mass is 9.98. The molecule has 29 heavy (non-hydrogen) atoms. The van der Waals surface area contributed by atoms with E-state index < -0.39 is 12.1 Å². The van der Waals surface area contributed by atoms with Gasteiger partial charge in [-0.05, 0) is 28.5 Å². The Morgan fingerprint density at radius 3 is 2.45 bits per heavy atom. The molecule has 1 N–H and O–H groups in total. The van der Waals surface area contributed by atoms with Gasteiger partial charge in [0, 0.05) is 31.7 Å². The molecule has 2 unspecified atom stereocenters. The van der Waals surface area contributed by atoms with E-state index in [1.807, 2.05) is 42.5 Å². The fourth-order valence-electron chi connectivity index (χ4n) is 4.40. The van der Waals surface area contributed by atoms with E-state index in [4.69, 9.17) is 0 Å².